The van der Waals surface area contributed by atoms with E-state index in [1.807, 2.05) is 37.3 Å². The fourth-order valence-electron chi connectivity index (χ4n) is 2.89. The van der Waals surface area contributed by atoms with Crippen LogP contribution in [-0.4, -0.2) is 16.5 Å². The maximum absolute atomic E-state index is 5.92. The van der Waals surface area contributed by atoms with Gasteiger partial charge in [0.2, 0.25) is 0 Å². The van der Waals surface area contributed by atoms with Gasteiger partial charge in [-0.15, -0.1) is 0 Å². The van der Waals surface area contributed by atoms with Gasteiger partial charge in [0.25, 0.3) is 0 Å². The van der Waals surface area contributed by atoms with Crippen LogP contribution in [0.4, 0.5) is 17.3 Å². The first-order valence-electron chi connectivity index (χ1n) is 8.49. The zero-order valence-electron chi connectivity index (χ0n) is 14.0. The highest BCUT2D eigenvalue weighted by atomic mass is 35.5. The first-order chi connectivity index (χ1) is 11.7. The normalized spacial score (nSPS) is 14.2. The number of aryl methyl sites for hydroxylation is 1. The van der Waals surface area contributed by atoms with Gasteiger partial charge in [-0.05, 0) is 63.3 Å². The predicted molar refractivity (Wildman–Crippen MR) is 101 cm³/mol. The van der Waals surface area contributed by atoms with Gasteiger partial charge < -0.3 is 10.6 Å². The molecule has 0 spiro atoms. The van der Waals surface area contributed by atoms with Crippen LogP contribution in [0.3, 0.4) is 0 Å². The third-order valence-electron chi connectivity index (χ3n) is 4.09. The van der Waals surface area contributed by atoms with Crippen molar-refractivity contribution in [2.75, 3.05) is 17.2 Å². The van der Waals surface area contributed by atoms with Gasteiger partial charge in [0.1, 0.15) is 17.5 Å². The lowest BCUT2D eigenvalue weighted by molar-refractivity contribution is 0.679. The largest absolute Gasteiger partial charge is 0.370 e. The molecular formula is C19H23ClN4. The monoisotopic (exact) mass is 342 g/mol. The van der Waals surface area contributed by atoms with E-state index in [2.05, 4.69) is 26.7 Å². The van der Waals surface area contributed by atoms with Crippen LogP contribution in [-0.2, 0) is 0 Å². The van der Waals surface area contributed by atoms with E-state index in [0.29, 0.717) is 0 Å². The molecule has 1 aliphatic rings. The highest BCUT2D eigenvalue weighted by Gasteiger charge is 2.05. The van der Waals surface area contributed by atoms with Gasteiger partial charge >= 0.3 is 0 Å². The Labute approximate surface area is 148 Å². The number of allylic oxidation sites excluding steroid dienone is 1. The van der Waals surface area contributed by atoms with Crippen LogP contribution in [0.1, 0.15) is 37.9 Å². The van der Waals surface area contributed by atoms with Crippen molar-refractivity contribution in [2.45, 2.75) is 39.0 Å². The van der Waals surface area contributed by atoms with Crippen molar-refractivity contribution in [2.24, 2.45) is 0 Å². The van der Waals surface area contributed by atoms with Crippen LogP contribution < -0.4 is 10.6 Å². The molecule has 0 amide bonds. The number of rotatable bonds is 6. The Morgan fingerprint density at radius 2 is 1.88 bits per heavy atom. The first kappa shape index (κ1) is 16.8. The second-order valence-electron chi connectivity index (χ2n) is 6.10. The Balaban J connectivity index is 1.60. The van der Waals surface area contributed by atoms with E-state index in [9.17, 15) is 0 Å². The summed E-state index contributed by atoms with van der Waals surface area (Å²) in [6, 6.07) is 9.52. The maximum Gasteiger partial charge on any atom is 0.136 e. The molecule has 0 fully saturated rings. The summed E-state index contributed by atoms with van der Waals surface area (Å²) in [5.74, 6) is 2.38. The molecule has 1 aliphatic carbocycles. The van der Waals surface area contributed by atoms with Crippen molar-refractivity contribution < 1.29 is 0 Å². The molecule has 2 aromatic rings. The molecule has 1 heterocycles. The summed E-state index contributed by atoms with van der Waals surface area (Å²) in [7, 11) is 0. The molecule has 0 unspecified atom stereocenters. The van der Waals surface area contributed by atoms with Crippen LogP contribution >= 0.6 is 11.6 Å². The summed E-state index contributed by atoms with van der Waals surface area (Å²) < 4.78 is 0. The fourth-order valence-corrected chi connectivity index (χ4v) is 3.01. The summed E-state index contributed by atoms with van der Waals surface area (Å²) in [6.45, 7) is 2.81. The second-order valence-corrected chi connectivity index (χ2v) is 6.54. The Bertz CT molecular complexity index is 710. The lowest BCUT2D eigenvalue weighted by atomic mass is 9.97. The van der Waals surface area contributed by atoms with Gasteiger partial charge in [0.15, 0.2) is 0 Å². The third-order valence-corrected chi connectivity index (χ3v) is 4.34. The topological polar surface area (TPSA) is 49.8 Å². The van der Waals surface area contributed by atoms with E-state index in [1.54, 1.807) is 5.57 Å². The maximum atomic E-state index is 5.92. The van der Waals surface area contributed by atoms with Crippen molar-refractivity contribution in [1.29, 1.82) is 0 Å². The highest BCUT2D eigenvalue weighted by molar-refractivity contribution is 6.30. The average molecular weight is 343 g/mol. The molecule has 0 aliphatic heterocycles. The Morgan fingerprint density at radius 1 is 1.08 bits per heavy atom. The average Bonchev–Trinajstić information content (AvgIpc) is 2.57. The molecule has 2 N–H and O–H groups in total. The molecule has 0 atom stereocenters. The van der Waals surface area contributed by atoms with Gasteiger partial charge in [0, 0.05) is 23.3 Å². The minimum absolute atomic E-state index is 0.721. The number of anilines is 3. The standard InChI is InChI=1S/C19H23ClN4/c1-14-22-18(21-12-11-15-5-3-2-4-6-15)13-19(23-14)24-17-9-7-16(20)8-10-17/h5,7-10,13H,2-4,6,11-12H2,1H3,(H2,21,22,23,24). The number of nitrogens with one attached hydrogen (secondary N) is 2. The van der Waals surface area contributed by atoms with Crippen molar-refractivity contribution in [1.82, 2.24) is 9.97 Å². The number of hydrogen-bond donors (Lipinski definition) is 2. The summed E-state index contributed by atoms with van der Waals surface area (Å²) in [4.78, 5) is 8.91. The van der Waals surface area contributed by atoms with Crippen molar-refractivity contribution in [3.05, 3.63) is 52.8 Å². The van der Waals surface area contributed by atoms with E-state index < -0.39 is 0 Å². The molecule has 0 saturated heterocycles. The number of halogens is 1. The predicted octanol–water partition coefficient (Wildman–Crippen LogP) is 5.48. The number of nitrogens with zero attached hydrogens (tertiary/aromatic N) is 2. The van der Waals surface area contributed by atoms with E-state index in [-0.39, 0.29) is 0 Å². The minimum atomic E-state index is 0.721. The van der Waals surface area contributed by atoms with E-state index >= 15 is 0 Å². The highest BCUT2D eigenvalue weighted by Crippen LogP contribution is 2.21. The summed E-state index contributed by atoms with van der Waals surface area (Å²) in [5, 5.41) is 7.43. The summed E-state index contributed by atoms with van der Waals surface area (Å²) in [5.41, 5.74) is 2.52. The first-order valence-corrected chi connectivity index (χ1v) is 8.87. The van der Waals surface area contributed by atoms with Gasteiger partial charge in [-0.25, -0.2) is 9.97 Å². The van der Waals surface area contributed by atoms with E-state index in [0.717, 1.165) is 41.1 Å². The van der Waals surface area contributed by atoms with Crippen LogP contribution in [0.2, 0.25) is 5.02 Å². The summed E-state index contributed by atoms with van der Waals surface area (Å²) in [6.07, 6.45) is 8.62. The molecule has 4 nitrogen and oxygen atoms in total. The number of hydrogen-bond acceptors (Lipinski definition) is 4. The van der Waals surface area contributed by atoms with Gasteiger partial charge in [0.05, 0.1) is 0 Å². The molecule has 126 valence electrons. The van der Waals surface area contributed by atoms with E-state index in [4.69, 9.17) is 11.6 Å². The van der Waals surface area contributed by atoms with Crippen LogP contribution in [0, 0.1) is 6.92 Å². The SMILES string of the molecule is Cc1nc(NCCC2=CCCCC2)cc(Nc2ccc(Cl)cc2)n1. The Hall–Kier alpha value is -2.07. The molecule has 3 rings (SSSR count). The van der Waals surface area contributed by atoms with Gasteiger partial charge in [-0.2, -0.15) is 0 Å². The van der Waals surface area contributed by atoms with Crippen LogP contribution in [0.15, 0.2) is 42.0 Å². The summed E-state index contributed by atoms with van der Waals surface area (Å²) >= 11 is 5.92. The Morgan fingerprint density at radius 3 is 2.62 bits per heavy atom. The minimum Gasteiger partial charge on any atom is -0.370 e. The third kappa shape index (κ3) is 4.96. The molecule has 0 saturated carbocycles. The molecule has 5 heteroatoms. The molecule has 1 aromatic heterocycles. The second kappa shape index (κ2) is 8.15. The lowest BCUT2D eigenvalue weighted by Gasteiger charge is -2.14. The zero-order chi connectivity index (χ0) is 16.8. The van der Waals surface area contributed by atoms with Crippen LogP contribution in [0.25, 0.3) is 0 Å². The molecular weight excluding hydrogens is 320 g/mol. The zero-order valence-corrected chi connectivity index (χ0v) is 14.7. The molecule has 1 aromatic carbocycles. The van der Waals surface area contributed by atoms with Gasteiger partial charge in [-0.3, -0.25) is 0 Å². The van der Waals surface area contributed by atoms with Crippen molar-refractivity contribution >= 4 is 28.9 Å². The molecule has 24 heavy (non-hydrogen) atoms. The molecule has 0 radical (unpaired) electrons. The molecule has 0 bridgehead atoms. The van der Waals surface area contributed by atoms with Crippen molar-refractivity contribution in [3.63, 3.8) is 0 Å². The van der Waals surface area contributed by atoms with Gasteiger partial charge in [-0.1, -0.05) is 23.3 Å². The smallest absolute Gasteiger partial charge is 0.136 e. The number of aromatic nitrogens is 2. The van der Waals surface area contributed by atoms with Crippen LogP contribution in [0.5, 0.6) is 0 Å². The quantitative estimate of drug-likeness (QED) is 0.682. The van der Waals surface area contributed by atoms with E-state index in [1.165, 1.54) is 25.7 Å². The Kier molecular flexibility index (Phi) is 5.70. The number of benzene rings is 1. The van der Waals surface area contributed by atoms with Crippen molar-refractivity contribution in [3.8, 4) is 0 Å². The fraction of sp³-hybridized carbons (Fsp3) is 0.368. The lowest BCUT2D eigenvalue weighted by Crippen LogP contribution is -2.08.